The van der Waals surface area contributed by atoms with E-state index < -0.39 is 17.5 Å². The maximum Gasteiger partial charge on any atom is 0.253 e. The molecular formula is C17H18ClF2N3O. The Kier molecular flexibility index (Phi) is 6.09. The number of carbonyl (C=O) groups is 1. The van der Waals surface area contributed by atoms with Gasteiger partial charge in [0.25, 0.3) is 5.91 Å². The van der Waals surface area contributed by atoms with E-state index in [2.05, 4.69) is 15.2 Å². The minimum atomic E-state index is -1.12. The number of nitrogens with zero attached hydrogens (tertiary/aromatic N) is 2. The first-order valence-corrected chi connectivity index (χ1v) is 7.96. The fourth-order valence-corrected chi connectivity index (χ4v) is 2.47. The van der Waals surface area contributed by atoms with E-state index in [-0.39, 0.29) is 17.1 Å². The molecule has 0 saturated carbocycles. The molecule has 0 aliphatic rings. The molecule has 0 spiro atoms. The topological polar surface area (TPSA) is 45.2 Å². The molecule has 0 unspecified atom stereocenters. The number of anilines is 1. The summed E-state index contributed by atoms with van der Waals surface area (Å²) in [6.07, 6.45) is 1.67. The molecule has 24 heavy (non-hydrogen) atoms. The number of halogens is 3. The highest BCUT2D eigenvalue weighted by Crippen LogP contribution is 2.20. The molecule has 7 heteroatoms. The molecule has 0 aliphatic carbocycles. The van der Waals surface area contributed by atoms with Crippen molar-refractivity contribution in [2.45, 2.75) is 20.4 Å². The number of nitrogens with one attached hydrogen (secondary N) is 1. The number of aromatic nitrogens is 1. The van der Waals surface area contributed by atoms with E-state index in [1.807, 2.05) is 26.0 Å². The second-order valence-electron chi connectivity index (χ2n) is 5.13. The Bertz CT molecular complexity index is 719. The molecule has 128 valence electrons. The van der Waals surface area contributed by atoms with Crippen molar-refractivity contribution in [1.82, 2.24) is 10.3 Å². The molecule has 1 heterocycles. The van der Waals surface area contributed by atoms with Crippen molar-refractivity contribution < 1.29 is 13.6 Å². The molecule has 1 aromatic carbocycles. The van der Waals surface area contributed by atoms with Gasteiger partial charge in [0, 0.05) is 25.8 Å². The van der Waals surface area contributed by atoms with Crippen molar-refractivity contribution in [3.8, 4) is 0 Å². The van der Waals surface area contributed by atoms with Crippen LogP contribution in [0.25, 0.3) is 0 Å². The third-order valence-electron chi connectivity index (χ3n) is 3.60. The van der Waals surface area contributed by atoms with Crippen LogP contribution in [0.4, 0.5) is 14.6 Å². The van der Waals surface area contributed by atoms with Gasteiger partial charge in [-0.3, -0.25) is 4.79 Å². The van der Waals surface area contributed by atoms with Crippen molar-refractivity contribution in [2.24, 2.45) is 0 Å². The van der Waals surface area contributed by atoms with Crippen LogP contribution in [0.5, 0.6) is 0 Å². The predicted octanol–water partition coefficient (Wildman–Crippen LogP) is 3.79. The summed E-state index contributed by atoms with van der Waals surface area (Å²) in [5.41, 5.74) is 0.682. The van der Waals surface area contributed by atoms with E-state index >= 15 is 0 Å². The quantitative estimate of drug-likeness (QED) is 0.804. The lowest BCUT2D eigenvalue weighted by Crippen LogP contribution is -2.24. The minimum Gasteiger partial charge on any atom is -0.357 e. The lowest BCUT2D eigenvalue weighted by molar-refractivity contribution is 0.0950. The van der Waals surface area contributed by atoms with Crippen LogP contribution in [0.3, 0.4) is 0 Å². The molecule has 0 fully saturated rings. The Balaban J connectivity index is 2.03. The second-order valence-corrected chi connectivity index (χ2v) is 5.53. The third kappa shape index (κ3) is 4.20. The summed E-state index contributed by atoms with van der Waals surface area (Å²) in [4.78, 5) is 18.5. The molecule has 0 saturated heterocycles. The Morgan fingerprint density at radius 2 is 1.88 bits per heavy atom. The summed E-state index contributed by atoms with van der Waals surface area (Å²) in [5.74, 6) is -1.92. The summed E-state index contributed by atoms with van der Waals surface area (Å²) in [7, 11) is 0. The summed E-state index contributed by atoms with van der Waals surface area (Å²) < 4.78 is 26.3. The first-order valence-electron chi connectivity index (χ1n) is 7.58. The molecule has 0 bridgehead atoms. The summed E-state index contributed by atoms with van der Waals surface area (Å²) in [6.45, 7) is 6.01. The van der Waals surface area contributed by atoms with Crippen molar-refractivity contribution in [2.75, 3.05) is 18.0 Å². The van der Waals surface area contributed by atoms with Crippen LogP contribution >= 0.6 is 11.6 Å². The summed E-state index contributed by atoms with van der Waals surface area (Å²) in [5, 5.41) is 2.48. The fourth-order valence-electron chi connectivity index (χ4n) is 2.23. The van der Waals surface area contributed by atoms with Gasteiger partial charge in [-0.25, -0.2) is 13.8 Å². The van der Waals surface area contributed by atoms with Crippen LogP contribution < -0.4 is 10.2 Å². The number of amides is 1. The van der Waals surface area contributed by atoms with E-state index in [4.69, 9.17) is 11.6 Å². The van der Waals surface area contributed by atoms with E-state index in [0.717, 1.165) is 36.6 Å². The zero-order valence-electron chi connectivity index (χ0n) is 13.4. The average Bonchev–Trinajstić information content (AvgIpc) is 2.58. The fraction of sp³-hybridized carbons (Fsp3) is 0.294. The molecule has 0 atom stereocenters. The van der Waals surface area contributed by atoms with Crippen molar-refractivity contribution in [3.05, 3.63) is 58.2 Å². The zero-order valence-corrected chi connectivity index (χ0v) is 14.2. The highest BCUT2D eigenvalue weighted by Gasteiger charge is 2.15. The van der Waals surface area contributed by atoms with Crippen LogP contribution in [-0.2, 0) is 6.54 Å². The molecule has 1 amide bonds. The number of carbonyl (C=O) groups excluding carboxylic acids is 1. The number of rotatable bonds is 6. The first kappa shape index (κ1) is 18.1. The normalized spacial score (nSPS) is 10.5. The van der Waals surface area contributed by atoms with Crippen LogP contribution in [0, 0.1) is 11.6 Å². The predicted molar refractivity (Wildman–Crippen MR) is 90.3 cm³/mol. The molecule has 4 nitrogen and oxygen atoms in total. The second kappa shape index (κ2) is 8.06. The van der Waals surface area contributed by atoms with Crippen molar-refractivity contribution >= 4 is 23.3 Å². The van der Waals surface area contributed by atoms with Gasteiger partial charge in [0.15, 0.2) is 11.6 Å². The maximum absolute atomic E-state index is 13.2. The average molecular weight is 354 g/mol. The van der Waals surface area contributed by atoms with Crippen LogP contribution in [0.1, 0.15) is 29.8 Å². The number of hydrogen-bond donors (Lipinski definition) is 1. The van der Waals surface area contributed by atoms with Gasteiger partial charge in [0.2, 0.25) is 0 Å². The Morgan fingerprint density at radius 1 is 1.21 bits per heavy atom. The minimum absolute atomic E-state index is 0.108. The molecular weight excluding hydrogens is 336 g/mol. The molecule has 0 aliphatic heterocycles. The summed E-state index contributed by atoms with van der Waals surface area (Å²) >= 11 is 5.78. The molecule has 1 N–H and O–H groups in total. The van der Waals surface area contributed by atoms with Gasteiger partial charge in [-0.1, -0.05) is 17.7 Å². The molecule has 2 aromatic rings. The van der Waals surface area contributed by atoms with E-state index in [9.17, 15) is 13.6 Å². The highest BCUT2D eigenvalue weighted by molar-refractivity contribution is 6.33. The van der Waals surface area contributed by atoms with Gasteiger partial charge >= 0.3 is 0 Å². The van der Waals surface area contributed by atoms with Crippen molar-refractivity contribution in [1.29, 1.82) is 0 Å². The van der Waals surface area contributed by atoms with E-state index in [1.165, 1.54) is 0 Å². The lowest BCUT2D eigenvalue weighted by Gasteiger charge is -2.19. The zero-order chi connectivity index (χ0) is 17.7. The van der Waals surface area contributed by atoms with Gasteiger partial charge < -0.3 is 10.2 Å². The molecule has 0 radical (unpaired) electrons. The Labute approximate surface area is 144 Å². The smallest absolute Gasteiger partial charge is 0.253 e. The SMILES string of the molecule is CCN(CC)c1ccc(CNC(=O)c2cc(F)c(F)cc2Cl)cn1. The number of pyridine rings is 1. The van der Waals surface area contributed by atoms with Gasteiger partial charge in [-0.15, -0.1) is 0 Å². The van der Waals surface area contributed by atoms with Crippen LogP contribution in [0.15, 0.2) is 30.5 Å². The Hall–Kier alpha value is -2.21. The largest absolute Gasteiger partial charge is 0.357 e. The number of hydrogen-bond acceptors (Lipinski definition) is 3. The van der Waals surface area contributed by atoms with Gasteiger partial charge in [0.1, 0.15) is 5.82 Å². The lowest BCUT2D eigenvalue weighted by atomic mass is 10.2. The van der Waals surface area contributed by atoms with Crippen LogP contribution in [0.2, 0.25) is 5.02 Å². The first-order chi connectivity index (χ1) is 11.5. The summed E-state index contributed by atoms with van der Waals surface area (Å²) in [6, 6.07) is 5.30. The van der Waals surface area contributed by atoms with Gasteiger partial charge in [-0.2, -0.15) is 0 Å². The molecule has 1 aromatic heterocycles. The monoisotopic (exact) mass is 353 g/mol. The highest BCUT2D eigenvalue weighted by atomic mass is 35.5. The van der Waals surface area contributed by atoms with Crippen molar-refractivity contribution in [3.63, 3.8) is 0 Å². The number of benzene rings is 1. The van der Waals surface area contributed by atoms with Crippen LogP contribution in [-0.4, -0.2) is 24.0 Å². The van der Waals surface area contributed by atoms with E-state index in [1.54, 1.807) is 6.20 Å². The Morgan fingerprint density at radius 3 is 2.46 bits per heavy atom. The standard InChI is InChI=1S/C17H18ClF2N3O/c1-3-23(4-2)16-6-5-11(9-21-16)10-22-17(24)12-7-14(19)15(20)8-13(12)18/h5-9H,3-4,10H2,1-2H3,(H,22,24). The maximum atomic E-state index is 13.2. The van der Waals surface area contributed by atoms with Gasteiger partial charge in [0.05, 0.1) is 10.6 Å². The van der Waals surface area contributed by atoms with Gasteiger partial charge in [-0.05, 0) is 37.6 Å². The molecule has 2 rings (SSSR count). The third-order valence-corrected chi connectivity index (χ3v) is 3.92. The van der Waals surface area contributed by atoms with E-state index in [0.29, 0.717) is 0 Å².